The standard InChI is InChI=1S/C16H21N3O2/c1-11-6-7-12-4-2-3-5-14(12)19(11)10-15(20)18-16(21)17-13-8-9-13/h2-5,11,13H,6-10H2,1H3,(H2,17,18,20,21)/t11-/m0/s1. The first-order valence-electron chi connectivity index (χ1n) is 7.58. The third-order valence-electron chi connectivity index (χ3n) is 4.14. The zero-order valence-corrected chi connectivity index (χ0v) is 12.3. The molecule has 1 aromatic rings. The minimum atomic E-state index is -0.375. The van der Waals surface area contributed by atoms with E-state index in [-0.39, 0.29) is 24.5 Å². The molecule has 1 heterocycles. The smallest absolute Gasteiger partial charge is 0.321 e. The molecule has 112 valence electrons. The van der Waals surface area contributed by atoms with E-state index in [9.17, 15) is 9.59 Å². The molecular weight excluding hydrogens is 266 g/mol. The number of nitrogens with one attached hydrogen (secondary N) is 2. The topological polar surface area (TPSA) is 61.4 Å². The molecule has 1 saturated carbocycles. The summed E-state index contributed by atoms with van der Waals surface area (Å²) in [6.07, 6.45) is 4.09. The molecule has 0 aromatic heterocycles. The highest BCUT2D eigenvalue weighted by Crippen LogP contribution is 2.29. The Morgan fingerprint density at radius 2 is 2.00 bits per heavy atom. The summed E-state index contributed by atoms with van der Waals surface area (Å²) < 4.78 is 0. The van der Waals surface area contributed by atoms with E-state index in [4.69, 9.17) is 0 Å². The van der Waals surface area contributed by atoms with Gasteiger partial charge in [-0.05, 0) is 44.2 Å². The summed E-state index contributed by atoms with van der Waals surface area (Å²) in [5.41, 5.74) is 2.37. The third-order valence-corrected chi connectivity index (χ3v) is 4.14. The van der Waals surface area contributed by atoms with Crippen LogP contribution in [0.25, 0.3) is 0 Å². The molecule has 5 nitrogen and oxygen atoms in total. The number of fused-ring (bicyclic) bond motifs is 1. The van der Waals surface area contributed by atoms with Gasteiger partial charge in [-0.25, -0.2) is 4.79 Å². The Bertz CT molecular complexity index is 554. The van der Waals surface area contributed by atoms with E-state index in [1.165, 1.54) is 5.56 Å². The van der Waals surface area contributed by atoms with Crippen LogP contribution in [0.2, 0.25) is 0 Å². The Morgan fingerprint density at radius 3 is 2.76 bits per heavy atom. The van der Waals surface area contributed by atoms with Gasteiger partial charge < -0.3 is 10.2 Å². The number of benzene rings is 1. The van der Waals surface area contributed by atoms with Crippen molar-refractivity contribution in [2.45, 2.75) is 44.7 Å². The molecule has 0 bridgehead atoms. The maximum Gasteiger partial charge on any atom is 0.321 e. The van der Waals surface area contributed by atoms with Crippen molar-refractivity contribution in [3.63, 3.8) is 0 Å². The Labute approximate surface area is 124 Å². The number of hydrogen-bond acceptors (Lipinski definition) is 3. The average molecular weight is 287 g/mol. The zero-order chi connectivity index (χ0) is 14.8. The van der Waals surface area contributed by atoms with E-state index < -0.39 is 0 Å². The predicted molar refractivity (Wildman–Crippen MR) is 81.3 cm³/mol. The number of urea groups is 1. The number of nitrogens with zero attached hydrogens (tertiary/aromatic N) is 1. The highest BCUT2D eigenvalue weighted by molar-refractivity contribution is 5.96. The van der Waals surface area contributed by atoms with Crippen molar-refractivity contribution >= 4 is 17.6 Å². The Kier molecular flexibility index (Phi) is 3.82. The fourth-order valence-electron chi connectivity index (χ4n) is 2.77. The number of carbonyl (C=O) groups is 2. The number of anilines is 1. The highest BCUT2D eigenvalue weighted by Gasteiger charge is 2.27. The summed E-state index contributed by atoms with van der Waals surface area (Å²) in [5, 5.41) is 5.18. The molecule has 3 amide bonds. The number of aryl methyl sites for hydroxylation is 1. The molecule has 1 aliphatic carbocycles. The van der Waals surface area contributed by atoms with Crippen LogP contribution in [0.4, 0.5) is 10.5 Å². The van der Waals surface area contributed by atoms with E-state index in [0.717, 1.165) is 31.4 Å². The Hall–Kier alpha value is -2.04. The number of imide groups is 1. The summed E-state index contributed by atoms with van der Waals surface area (Å²) in [5.74, 6) is -0.253. The van der Waals surface area contributed by atoms with Gasteiger partial charge in [0.05, 0.1) is 6.54 Å². The number of carbonyl (C=O) groups excluding carboxylic acids is 2. The largest absolute Gasteiger partial charge is 0.359 e. The summed E-state index contributed by atoms with van der Waals surface area (Å²) in [6, 6.07) is 8.34. The van der Waals surface area contributed by atoms with E-state index in [0.29, 0.717) is 6.04 Å². The molecule has 21 heavy (non-hydrogen) atoms. The quantitative estimate of drug-likeness (QED) is 0.891. The van der Waals surface area contributed by atoms with Crippen LogP contribution in [0.15, 0.2) is 24.3 Å². The summed E-state index contributed by atoms with van der Waals surface area (Å²) in [7, 11) is 0. The van der Waals surface area contributed by atoms with Crippen molar-refractivity contribution in [1.82, 2.24) is 10.6 Å². The van der Waals surface area contributed by atoms with E-state index in [1.54, 1.807) is 0 Å². The molecule has 1 aliphatic heterocycles. The number of rotatable bonds is 3. The van der Waals surface area contributed by atoms with Crippen LogP contribution in [0.3, 0.4) is 0 Å². The lowest BCUT2D eigenvalue weighted by atomic mass is 9.97. The minimum Gasteiger partial charge on any atom is -0.359 e. The predicted octanol–water partition coefficient (Wildman–Crippen LogP) is 1.82. The first kappa shape index (κ1) is 13.9. The lowest BCUT2D eigenvalue weighted by Crippen LogP contribution is -2.48. The van der Waals surface area contributed by atoms with Gasteiger partial charge in [-0.15, -0.1) is 0 Å². The van der Waals surface area contributed by atoms with Crippen molar-refractivity contribution in [1.29, 1.82) is 0 Å². The average Bonchev–Trinajstić information content (AvgIpc) is 3.25. The molecule has 2 N–H and O–H groups in total. The van der Waals surface area contributed by atoms with Gasteiger partial charge in [0.25, 0.3) is 0 Å². The molecule has 1 fully saturated rings. The van der Waals surface area contributed by atoms with Gasteiger partial charge in [0.15, 0.2) is 0 Å². The number of hydrogen-bond donors (Lipinski definition) is 2. The summed E-state index contributed by atoms with van der Waals surface area (Å²) >= 11 is 0. The maximum absolute atomic E-state index is 12.1. The monoisotopic (exact) mass is 287 g/mol. The van der Waals surface area contributed by atoms with Gasteiger partial charge >= 0.3 is 6.03 Å². The lowest BCUT2D eigenvalue weighted by molar-refractivity contribution is -0.118. The molecule has 5 heteroatoms. The summed E-state index contributed by atoms with van der Waals surface area (Å²) in [6.45, 7) is 2.34. The number of amides is 3. The van der Waals surface area contributed by atoms with Crippen molar-refractivity contribution in [2.24, 2.45) is 0 Å². The second-order valence-electron chi connectivity index (χ2n) is 5.94. The van der Waals surface area contributed by atoms with Gasteiger partial charge in [0.2, 0.25) is 5.91 Å². The molecule has 1 aromatic carbocycles. The fraction of sp³-hybridized carbons (Fsp3) is 0.500. The molecule has 3 rings (SSSR count). The van der Waals surface area contributed by atoms with Crippen LogP contribution in [-0.2, 0) is 11.2 Å². The van der Waals surface area contributed by atoms with Crippen LogP contribution in [0.1, 0.15) is 31.7 Å². The Morgan fingerprint density at radius 1 is 1.24 bits per heavy atom. The van der Waals surface area contributed by atoms with Gasteiger partial charge in [0.1, 0.15) is 0 Å². The van der Waals surface area contributed by atoms with E-state index >= 15 is 0 Å². The molecule has 0 spiro atoms. The molecule has 0 radical (unpaired) electrons. The molecular formula is C16H21N3O2. The normalized spacial score (nSPS) is 20.6. The van der Waals surface area contributed by atoms with Crippen LogP contribution in [0.5, 0.6) is 0 Å². The van der Waals surface area contributed by atoms with Gasteiger partial charge in [-0.2, -0.15) is 0 Å². The first-order chi connectivity index (χ1) is 10.1. The van der Waals surface area contributed by atoms with Crippen LogP contribution >= 0.6 is 0 Å². The van der Waals surface area contributed by atoms with Crippen molar-refractivity contribution in [3.8, 4) is 0 Å². The van der Waals surface area contributed by atoms with Crippen LogP contribution in [0, 0.1) is 0 Å². The zero-order valence-electron chi connectivity index (χ0n) is 12.3. The SMILES string of the molecule is C[C@H]1CCc2ccccc2N1CC(=O)NC(=O)NC1CC1. The van der Waals surface area contributed by atoms with E-state index in [1.807, 2.05) is 18.2 Å². The third kappa shape index (κ3) is 3.35. The maximum atomic E-state index is 12.1. The van der Waals surface area contributed by atoms with Gasteiger partial charge in [-0.3, -0.25) is 10.1 Å². The van der Waals surface area contributed by atoms with E-state index in [2.05, 4.69) is 28.5 Å². The van der Waals surface area contributed by atoms with Crippen LogP contribution < -0.4 is 15.5 Å². The highest BCUT2D eigenvalue weighted by atomic mass is 16.2. The molecule has 0 unspecified atom stereocenters. The van der Waals surface area contributed by atoms with Crippen molar-refractivity contribution < 1.29 is 9.59 Å². The van der Waals surface area contributed by atoms with Gasteiger partial charge in [-0.1, -0.05) is 18.2 Å². The van der Waals surface area contributed by atoms with Crippen LogP contribution in [-0.4, -0.2) is 30.6 Å². The van der Waals surface area contributed by atoms with Crippen molar-refractivity contribution in [3.05, 3.63) is 29.8 Å². The second kappa shape index (κ2) is 5.76. The Balaban J connectivity index is 1.63. The minimum absolute atomic E-state index is 0.219. The van der Waals surface area contributed by atoms with Gasteiger partial charge in [0, 0.05) is 17.8 Å². The molecule has 2 aliphatic rings. The lowest BCUT2D eigenvalue weighted by Gasteiger charge is -2.36. The fourth-order valence-corrected chi connectivity index (χ4v) is 2.77. The van der Waals surface area contributed by atoms with Crippen molar-refractivity contribution in [2.75, 3.05) is 11.4 Å². The second-order valence-corrected chi connectivity index (χ2v) is 5.94. The molecule has 1 atom stereocenters. The summed E-state index contributed by atoms with van der Waals surface area (Å²) in [4.78, 5) is 25.8. The molecule has 0 saturated heterocycles. The first-order valence-corrected chi connectivity index (χ1v) is 7.58. The number of para-hydroxylation sites is 1.